The molecule has 0 bridgehead atoms. The molecule has 0 radical (unpaired) electrons. The van der Waals surface area contributed by atoms with E-state index < -0.39 is 0 Å². The Morgan fingerprint density at radius 1 is 1.30 bits per heavy atom. The molecule has 0 saturated heterocycles. The third kappa shape index (κ3) is 2.58. The lowest BCUT2D eigenvalue weighted by Gasteiger charge is -2.22. The van der Waals surface area contributed by atoms with Crippen LogP contribution in [-0.4, -0.2) is 23.1 Å². The van der Waals surface area contributed by atoms with E-state index in [-0.39, 0.29) is 0 Å². The van der Waals surface area contributed by atoms with Crippen molar-refractivity contribution in [3.8, 4) is 5.75 Å². The predicted molar refractivity (Wildman–Crippen MR) is 83.1 cm³/mol. The van der Waals surface area contributed by atoms with Gasteiger partial charge >= 0.3 is 0 Å². The molecule has 1 aromatic heterocycles. The summed E-state index contributed by atoms with van der Waals surface area (Å²) < 4.78 is 5.77. The largest absolute Gasteiger partial charge is 0.491 e. The summed E-state index contributed by atoms with van der Waals surface area (Å²) >= 11 is 4.98. The molecule has 0 fully saturated rings. The maximum absolute atomic E-state index is 5.77. The van der Waals surface area contributed by atoms with Gasteiger partial charge in [0.15, 0.2) is 0 Å². The maximum Gasteiger partial charge on any atom is 0.124 e. The minimum atomic E-state index is 0.318. The van der Waals surface area contributed by atoms with Crippen molar-refractivity contribution in [3.05, 3.63) is 53.9 Å². The first-order chi connectivity index (χ1) is 9.74. The van der Waals surface area contributed by atoms with Gasteiger partial charge in [-0.1, -0.05) is 30.4 Å². The Hall–Kier alpha value is -2.14. The summed E-state index contributed by atoms with van der Waals surface area (Å²) in [7, 11) is 0. The number of pyridine rings is 1. The van der Waals surface area contributed by atoms with Crippen molar-refractivity contribution in [3.63, 3.8) is 0 Å². The Kier molecular flexibility index (Phi) is 3.52. The highest BCUT2D eigenvalue weighted by atomic mass is 32.1. The Morgan fingerprint density at radius 2 is 2.15 bits per heavy atom. The highest BCUT2D eigenvalue weighted by Gasteiger charge is 2.15. The van der Waals surface area contributed by atoms with Gasteiger partial charge in [0, 0.05) is 24.0 Å². The number of nitrogens with two attached hydrogens (primary N) is 1. The zero-order chi connectivity index (χ0) is 13.9. The van der Waals surface area contributed by atoms with Gasteiger partial charge in [-0.15, -0.1) is 0 Å². The standard InChI is InChI=1S/C15H15N3OS/c16-15(20)13-9-12(5-6-17-13)18-7-8-19-14-4-2-1-3-11(14)10-18/h1-6,9H,7-8,10H2,(H2,16,20). The molecule has 0 unspecified atom stereocenters. The van der Waals surface area contributed by atoms with Crippen molar-refractivity contribution < 1.29 is 4.74 Å². The van der Waals surface area contributed by atoms with Crippen LogP contribution in [0.5, 0.6) is 5.75 Å². The summed E-state index contributed by atoms with van der Waals surface area (Å²) in [6, 6.07) is 12.0. The normalized spacial score (nSPS) is 14.1. The molecule has 0 amide bonds. The lowest BCUT2D eigenvalue weighted by atomic mass is 10.2. The van der Waals surface area contributed by atoms with Gasteiger partial charge in [0.1, 0.15) is 17.3 Å². The average molecular weight is 285 g/mol. The molecule has 1 aliphatic rings. The summed E-state index contributed by atoms with van der Waals surface area (Å²) in [5, 5.41) is 0. The Bertz CT molecular complexity index is 645. The third-order valence-electron chi connectivity index (χ3n) is 3.31. The minimum absolute atomic E-state index is 0.318. The highest BCUT2D eigenvalue weighted by Crippen LogP contribution is 2.26. The topological polar surface area (TPSA) is 51.4 Å². The van der Waals surface area contributed by atoms with Gasteiger partial charge < -0.3 is 15.4 Å². The molecule has 4 nitrogen and oxygen atoms in total. The predicted octanol–water partition coefficient (Wildman–Crippen LogP) is 2.11. The van der Waals surface area contributed by atoms with Gasteiger partial charge in [-0.2, -0.15) is 0 Å². The molecule has 2 aromatic rings. The number of nitrogens with zero attached hydrogens (tertiary/aromatic N) is 2. The number of fused-ring (bicyclic) bond motifs is 1. The van der Waals surface area contributed by atoms with E-state index in [2.05, 4.69) is 16.0 Å². The zero-order valence-electron chi connectivity index (χ0n) is 11.0. The van der Waals surface area contributed by atoms with E-state index in [4.69, 9.17) is 22.7 Å². The number of ether oxygens (including phenoxy) is 1. The van der Waals surface area contributed by atoms with E-state index >= 15 is 0 Å². The molecule has 2 N–H and O–H groups in total. The number of benzene rings is 1. The lowest BCUT2D eigenvalue weighted by Crippen LogP contribution is -2.25. The first-order valence-electron chi connectivity index (χ1n) is 6.45. The molecule has 0 atom stereocenters. The number of para-hydroxylation sites is 1. The molecule has 0 saturated carbocycles. The van der Waals surface area contributed by atoms with Gasteiger partial charge in [0.25, 0.3) is 0 Å². The first kappa shape index (κ1) is 12.9. The van der Waals surface area contributed by atoms with Crippen LogP contribution < -0.4 is 15.4 Å². The fraction of sp³-hybridized carbons (Fsp3) is 0.200. The highest BCUT2D eigenvalue weighted by molar-refractivity contribution is 7.80. The van der Waals surface area contributed by atoms with Crippen LogP contribution in [0.4, 0.5) is 5.69 Å². The molecule has 3 rings (SSSR count). The quantitative estimate of drug-likeness (QED) is 0.857. The van der Waals surface area contributed by atoms with Gasteiger partial charge in [-0.05, 0) is 18.2 Å². The fourth-order valence-electron chi connectivity index (χ4n) is 2.30. The smallest absolute Gasteiger partial charge is 0.124 e. The van der Waals surface area contributed by atoms with Crippen molar-refractivity contribution in [2.75, 3.05) is 18.1 Å². The van der Waals surface area contributed by atoms with Crippen LogP contribution in [0.25, 0.3) is 0 Å². The number of aromatic nitrogens is 1. The summed E-state index contributed by atoms with van der Waals surface area (Å²) in [5.41, 5.74) is 8.53. The van der Waals surface area contributed by atoms with Crippen molar-refractivity contribution in [2.45, 2.75) is 6.54 Å². The molecule has 0 spiro atoms. The molecule has 1 aliphatic heterocycles. The lowest BCUT2D eigenvalue weighted by molar-refractivity contribution is 0.331. The number of anilines is 1. The van der Waals surface area contributed by atoms with Crippen LogP contribution in [0.1, 0.15) is 11.3 Å². The number of thiocarbonyl (C=S) groups is 1. The third-order valence-corrected chi connectivity index (χ3v) is 3.52. The molecular formula is C15H15N3OS. The van der Waals surface area contributed by atoms with E-state index in [9.17, 15) is 0 Å². The Balaban J connectivity index is 1.91. The summed E-state index contributed by atoms with van der Waals surface area (Å²) in [6.07, 6.45) is 1.74. The second-order valence-electron chi connectivity index (χ2n) is 4.64. The summed E-state index contributed by atoms with van der Waals surface area (Å²) in [5.74, 6) is 0.957. The van der Waals surface area contributed by atoms with Crippen LogP contribution in [-0.2, 0) is 6.54 Å². The molecule has 102 valence electrons. The van der Waals surface area contributed by atoms with Crippen molar-refractivity contribution in [1.82, 2.24) is 4.98 Å². The van der Waals surface area contributed by atoms with Crippen LogP contribution in [0, 0.1) is 0 Å². The van der Waals surface area contributed by atoms with Crippen molar-refractivity contribution >= 4 is 22.9 Å². The summed E-state index contributed by atoms with van der Waals surface area (Å²) in [6.45, 7) is 2.27. The van der Waals surface area contributed by atoms with Gasteiger partial charge in [0.2, 0.25) is 0 Å². The van der Waals surface area contributed by atoms with Crippen LogP contribution in [0.3, 0.4) is 0 Å². The van der Waals surface area contributed by atoms with E-state index in [1.54, 1.807) is 6.20 Å². The SMILES string of the molecule is NC(=S)c1cc(N2CCOc3ccccc3C2)ccn1. The molecule has 1 aromatic carbocycles. The number of hydrogen-bond donors (Lipinski definition) is 1. The molecular weight excluding hydrogens is 270 g/mol. The second-order valence-corrected chi connectivity index (χ2v) is 5.08. The summed E-state index contributed by atoms with van der Waals surface area (Å²) in [4.78, 5) is 6.74. The van der Waals surface area contributed by atoms with E-state index in [1.807, 2.05) is 30.3 Å². The molecule has 5 heteroatoms. The van der Waals surface area contributed by atoms with E-state index in [0.717, 1.165) is 24.5 Å². The maximum atomic E-state index is 5.77. The van der Waals surface area contributed by atoms with Crippen molar-refractivity contribution in [1.29, 1.82) is 0 Å². The van der Waals surface area contributed by atoms with Crippen LogP contribution in [0.15, 0.2) is 42.6 Å². The fourth-order valence-corrected chi connectivity index (χ4v) is 2.41. The van der Waals surface area contributed by atoms with Gasteiger partial charge in [-0.25, -0.2) is 0 Å². The molecule has 20 heavy (non-hydrogen) atoms. The van der Waals surface area contributed by atoms with Gasteiger partial charge in [0.05, 0.1) is 12.2 Å². The molecule has 2 heterocycles. The first-order valence-corrected chi connectivity index (χ1v) is 6.86. The van der Waals surface area contributed by atoms with E-state index in [1.165, 1.54) is 5.56 Å². The molecule has 0 aliphatic carbocycles. The van der Waals surface area contributed by atoms with Crippen molar-refractivity contribution in [2.24, 2.45) is 5.73 Å². The van der Waals surface area contributed by atoms with E-state index in [0.29, 0.717) is 17.3 Å². The van der Waals surface area contributed by atoms with Crippen LogP contribution >= 0.6 is 12.2 Å². The van der Waals surface area contributed by atoms with Crippen LogP contribution in [0.2, 0.25) is 0 Å². The minimum Gasteiger partial charge on any atom is -0.491 e. The second kappa shape index (κ2) is 5.46. The zero-order valence-corrected chi connectivity index (χ0v) is 11.8. The average Bonchev–Trinajstić information content (AvgIpc) is 2.69. The Labute approximate surface area is 123 Å². The number of hydrogen-bond acceptors (Lipinski definition) is 4. The Morgan fingerprint density at radius 3 is 3.00 bits per heavy atom. The number of rotatable bonds is 2. The monoisotopic (exact) mass is 285 g/mol. The van der Waals surface area contributed by atoms with Gasteiger partial charge in [-0.3, -0.25) is 4.98 Å².